The zero-order chi connectivity index (χ0) is 30.0. The molecule has 4 aliphatic rings. The fourth-order valence-electron chi connectivity index (χ4n) is 7.59. The van der Waals surface area contributed by atoms with E-state index in [2.05, 4.69) is 39.8 Å². The number of rotatable bonds is 4. The van der Waals surface area contributed by atoms with Crippen molar-refractivity contribution in [2.45, 2.75) is 87.4 Å². The number of carbonyl (C=O) groups excluding carboxylic acids is 3. The number of nitrogens with one attached hydrogen (secondary N) is 3. The second-order valence-electron chi connectivity index (χ2n) is 12.7. The zero-order valence-electron chi connectivity index (χ0n) is 23.3. The molecular formula is C29H33Cl2FN6O4. The number of carbonyl (C=O) groups is 3. The summed E-state index contributed by atoms with van der Waals surface area (Å²) >= 11 is 12.4. The maximum atomic E-state index is 16.0. The van der Waals surface area contributed by atoms with Gasteiger partial charge in [-0.15, -0.1) is 0 Å². The molecule has 1 saturated carbocycles. The zero-order valence-corrected chi connectivity index (χ0v) is 24.8. The molecule has 1 aliphatic carbocycles. The van der Waals surface area contributed by atoms with E-state index in [1.807, 2.05) is 0 Å². The van der Waals surface area contributed by atoms with Gasteiger partial charge in [0.25, 0.3) is 0 Å². The number of aromatic nitrogens is 2. The van der Waals surface area contributed by atoms with Crippen molar-refractivity contribution < 1.29 is 23.5 Å². The van der Waals surface area contributed by atoms with Crippen LogP contribution in [-0.2, 0) is 24.5 Å². The highest BCUT2D eigenvalue weighted by atomic mass is 35.5. The molecule has 0 radical (unpaired) electrons. The molecule has 0 unspecified atom stereocenters. The van der Waals surface area contributed by atoms with Crippen LogP contribution in [-0.4, -0.2) is 58.0 Å². The van der Waals surface area contributed by atoms with Gasteiger partial charge in [-0.3, -0.25) is 19.7 Å². The van der Waals surface area contributed by atoms with Gasteiger partial charge in [-0.05, 0) is 61.6 Å². The van der Waals surface area contributed by atoms with Crippen LogP contribution in [0.15, 0.2) is 24.5 Å². The number of anilines is 1. The smallest absolute Gasteiger partial charge is 0.246 e. The Bertz CT molecular complexity index is 1460. The molecule has 2 aromatic rings. The van der Waals surface area contributed by atoms with Crippen LogP contribution < -0.4 is 21.7 Å². The van der Waals surface area contributed by atoms with Crippen LogP contribution in [0.1, 0.15) is 69.4 Å². The molecule has 0 bridgehead atoms. The lowest BCUT2D eigenvalue weighted by molar-refractivity contribution is -0.134. The molecule has 5 heterocycles. The number of fused-ring (bicyclic) bond motifs is 3. The molecule has 0 aromatic carbocycles. The number of amides is 3. The fourth-order valence-corrected chi connectivity index (χ4v) is 7.92. The topological polar surface area (TPSA) is 148 Å². The first-order valence-electron chi connectivity index (χ1n) is 14.1. The minimum Gasteiger partial charge on any atom is -0.367 e. The molecule has 13 heteroatoms. The summed E-state index contributed by atoms with van der Waals surface area (Å²) in [5, 5.41) is 9.46. The second-order valence-corrected chi connectivity index (χ2v) is 13.4. The van der Waals surface area contributed by atoms with Crippen LogP contribution in [0.3, 0.4) is 0 Å². The van der Waals surface area contributed by atoms with Crippen LogP contribution in [0.2, 0.25) is 10.3 Å². The molecule has 2 spiro atoms. The summed E-state index contributed by atoms with van der Waals surface area (Å²) in [4.78, 5) is 48.4. The summed E-state index contributed by atoms with van der Waals surface area (Å²) < 4.78 is 21.5. The van der Waals surface area contributed by atoms with Crippen LogP contribution in [0.25, 0.3) is 0 Å². The van der Waals surface area contributed by atoms with Gasteiger partial charge in [0.1, 0.15) is 16.7 Å². The Kier molecular flexibility index (Phi) is 7.23. The van der Waals surface area contributed by atoms with Crippen molar-refractivity contribution >= 4 is 46.6 Å². The van der Waals surface area contributed by atoms with Gasteiger partial charge in [0.15, 0.2) is 11.0 Å². The Balaban J connectivity index is 1.49. The van der Waals surface area contributed by atoms with Gasteiger partial charge in [0, 0.05) is 35.1 Å². The predicted molar refractivity (Wildman–Crippen MR) is 154 cm³/mol. The Morgan fingerprint density at radius 2 is 1.90 bits per heavy atom. The maximum Gasteiger partial charge on any atom is 0.246 e. The Labute approximate surface area is 252 Å². The fraction of sp³-hybridized carbons (Fsp3) is 0.552. The maximum absolute atomic E-state index is 16.0. The van der Waals surface area contributed by atoms with Crippen molar-refractivity contribution in [3.8, 4) is 0 Å². The number of ether oxygens (including phenoxy) is 1. The SMILES string of the molecule is CC1(C)CCC2(CC1)N[C@@H](C(=O)N[C@@H]1CC[C@@H](C(N)=O)OC1)[C@H](c1ccnc(Cl)c1F)[C@]21C(=O)Nc2cc(Cl)ncc21. The molecule has 10 nitrogen and oxygen atoms in total. The molecule has 42 heavy (non-hydrogen) atoms. The van der Waals surface area contributed by atoms with Gasteiger partial charge in [0.05, 0.1) is 18.7 Å². The summed E-state index contributed by atoms with van der Waals surface area (Å²) in [6, 6.07) is 1.64. The van der Waals surface area contributed by atoms with Crippen LogP contribution in [0.4, 0.5) is 10.1 Å². The van der Waals surface area contributed by atoms with E-state index in [9.17, 15) is 14.4 Å². The predicted octanol–water partition coefficient (Wildman–Crippen LogP) is 3.36. The molecule has 3 fully saturated rings. The number of pyridine rings is 2. The molecule has 3 amide bonds. The Hall–Kier alpha value is -2.86. The molecule has 224 valence electrons. The largest absolute Gasteiger partial charge is 0.367 e. The summed E-state index contributed by atoms with van der Waals surface area (Å²) in [6.07, 6.45) is 5.74. The Morgan fingerprint density at radius 1 is 1.17 bits per heavy atom. The first kappa shape index (κ1) is 29.2. The van der Waals surface area contributed by atoms with Gasteiger partial charge in [-0.25, -0.2) is 14.4 Å². The van der Waals surface area contributed by atoms with Gasteiger partial charge in [0.2, 0.25) is 17.7 Å². The molecule has 3 aliphatic heterocycles. The summed E-state index contributed by atoms with van der Waals surface area (Å²) in [6.45, 7) is 4.46. The van der Waals surface area contributed by atoms with E-state index in [1.54, 1.807) is 12.3 Å². The van der Waals surface area contributed by atoms with Crippen LogP contribution in [0, 0.1) is 11.2 Å². The molecule has 2 saturated heterocycles. The number of nitrogens with zero attached hydrogens (tertiary/aromatic N) is 2. The first-order chi connectivity index (χ1) is 19.9. The molecular weight excluding hydrogens is 586 g/mol. The molecule has 6 rings (SSSR count). The average Bonchev–Trinajstić information content (AvgIpc) is 3.40. The van der Waals surface area contributed by atoms with Gasteiger partial charge in [-0.2, -0.15) is 0 Å². The highest BCUT2D eigenvalue weighted by molar-refractivity contribution is 6.30. The minimum absolute atomic E-state index is 0.0156. The Morgan fingerprint density at radius 3 is 2.57 bits per heavy atom. The van der Waals surface area contributed by atoms with Crippen molar-refractivity contribution in [3.63, 3.8) is 0 Å². The summed E-state index contributed by atoms with van der Waals surface area (Å²) in [5.41, 5.74) is 4.22. The monoisotopic (exact) mass is 618 g/mol. The highest BCUT2D eigenvalue weighted by Gasteiger charge is 2.73. The number of hydrogen-bond donors (Lipinski definition) is 4. The number of primary amides is 1. The van der Waals surface area contributed by atoms with Crippen molar-refractivity contribution in [2.75, 3.05) is 11.9 Å². The van der Waals surface area contributed by atoms with Gasteiger partial charge >= 0.3 is 0 Å². The van der Waals surface area contributed by atoms with Crippen molar-refractivity contribution in [2.24, 2.45) is 11.1 Å². The van der Waals surface area contributed by atoms with E-state index < -0.39 is 52.7 Å². The number of hydrogen-bond acceptors (Lipinski definition) is 7. The van der Waals surface area contributed by atoms with E-state index in [0.29, 0.717) is 36.9 Å². The van der Waals surface area contributed by atoms with E-state index in [-0.39, 0.29) is 33.8 Å². The first-order valence-corrected chi connectivity index (χ1v) is 14.9. The van der Waals surface area contributed by atoms with Gasteiger partial charge < -0.3 is 21.1 Å². The average molecular weight is 620 g/mol. The summed E-state index contributed by atoms with van der Waals surface area (Å²) in [7, 11) is 0. The van der Waals surface area contributed by atoms with E-state index in [0.717, 1.165) is 12.8 Å². The summed E-state index contributed by atoms with van der Waals surface area (Å²) in [5.74, 6) is -3.11. The number of nitrogens with two attached hydrogens (primary N) is 1. The van der Waals surface area contributed by atoms with E-state index in [1.165, 1.54) is 12.3 Å². The van der Waals surface area contributed by atoms with Gasteiger partial charge in [-0.1, -0.05) is 37.0 Å². The lowest BCUT2D eigenvalue weighted by Crippen LogP contribution is -2.61. The highest BCUT2D eigenvalue weighted by Crippen LogP contribution is 2.63. The third-order valence-electron chi connectivity index (χ3n) is 9.78. The number of halogens is 3. The lowest BCUT2D eigenvalue weighted by Gasteiger charge is -2.50. The van der Waals surface area contributed by atoms with Crippen LogP contribution >= 0.6 is 23.2 Å². The van der Waals surface area contributed by atoms with Crippen molar-refractivity contribution in [3.05, 3.63) is 51.8 Å². The normalized spacial score (nSPS) is 31.1. The minimum atomic E-state index is -1.41. The molecule has 5 N–H and O–H groups in total. The molecule has 5 atom stereocenters. The second kappa shape index (κ2) is 10.4. The third-order valence-corrected chi connectivity index (χ3v) is 10.2. The van der Waals surface area contributed by atoms with Crippen molar-refractivity contribution in [1.29, 1.82) is 0 Å². The standard InChI is InChI=1S/C29H33Cl2FN6O4/c1-27(2)6-8-28(9-7-27)29(16-12-35-19(30)11-17(16)37-26(29)41)20(15-5-10-34-23(31)21(15)32)22(38-28)25(40)36-14-3-4-18(24(33)39)42-13-14/h5,10-12,14,18,20,22,38H,3-4,6-9,13H2,1-2H3,(H2,33,39)(H,36,40)(H,37,41)/t14-,18+,20+,22-,29-/m1/s1. The van der Waals surface area contributed by atoms with E-state index in [4.69, 9.17) is 33.7 Å². The van der Waals surface area contributed by atoms with Crippen LogP contribution in [0.5, 0.6) is 0 Å². The molecule has 2 aromatic heterocycles. The van der Waals surface area contributed by atoms with Crippen molar-refractivity contribution in [1.82, 2.24) is 20.6 Å². The quantitative estimate of drug-likeness (QED) is 0.384. The third kappa shape index (κ3) is 4.47. The lowest BCUT2D eigenvalue weighted by atomic mass is 9.53. The van der Waals surface area contributed by atoms with E-state index >= 15 is 4.39 Å².